The molecule has 2 aromatic carbocycles. The van der Waals surface area contributed by atoms with Crippen LogP contribution in [0.5, 0.6) is 11.5 Å². The van der Waals surface area contributed by atoms with Crippen molar-refractivity contribution >= 4 is 5.69 Å². The van der Waals surface area contributed by atoms with Gasteiger partial charge in [-0.05, 0) is 29.8 Å². The van der Waals surface area contributed by atoms with Gasteiger partial charge in [-0.25, -0.2) is 0 Å². The number of methoxy groups -OCH3 is 1. The molecule has 0 bridgehead atoms. The lowest BCUT2D eigenvalue weighted by molar-refractivity contribution is 0.415. The molecule has 2 aromatic rings. The lowest BCUT2D eigenvalue weighted by Crippen LogP contribution is -2.17. The second kappa shape index (κ2) is 5.45. The van der Waals surface area contributed by atoms with Crippen molar-refractivity contribution in [1.82, 2.24) is 0 Å². The van der Waals surface area contributed by atoms with E-state index in [0.29, 0.717) is 5.75 Å². The molecule has 0 spiro atoms. The first-order valence-electron chi connectivity index (χ1n) is 5.83. The molecular formula is C15H17NO2. The summed E-state index contributed by atoms with van der Waals surface area (Å²) < 4.78 is 5.34. The summed E-state index contributed by atoms with van der Waals surface area (Å²) in [6.07, 6.45) is 0. The third-order valence-corrected chi connectivity index (χ3v) is 2.83. The summed E-state index contributed by atoms with van der Waals surface area (Å²) in [6, 6.07) is 15.2. The van der Waals surface area contributed by atoms with Crippen molar-refractivity contribution in [3.05, 3.63) is 54.1 Å². The Bertz CT molecular complexity index is 525. The fourth-order valence-corrected chi connectivity index (χ4v) is 1.96. The number of aromatic hydroxyl groups is 1. The van der Waals surface area contributed by atoms with Crippen molar-refractivity contribution in [1.29, 1.82) is 0 Å². The highest BCUT2D eigenvalue weighted by molar-refractivity contribution is 5.58. The Kier molecular flexibility index (Phi) is 3.72. The molecule has 0 saturated heterocycles. The molecule has 0 heterocycles. The van der Waals surface area contributed by atoms with Crippen molar-refractivity contribution in [3.8, 4) is 11.5 Å². The first kappa shape index (κ1) is 12.3. The predicted octanol–water partition coefficient (Wildman–Crippen LogP) is 3.04. The molecule has 0 aromatic heterocycles. The zero-order valence-corrected chi connectivity index (χ0v) is 10.6. The van der Waals surface area contributed by atoms with Gasteiger partial charge in [0.05, 0.1) is 12.8 Å². The van der Waals surface area contributed by atoms with Gasteiger partial charge in [-0.2, -0.15) is 0 Å². The molecule has 3 nitrogen and oxygen atoms in total. The highest BCUT2D eigenvalue weighted by Crippen LogP contribution is 2.27. The number of phenols is 1. The number of nitrogens with zero attached hydrogens (tertiary/aromatic N) is 1. The van der Waals surface area contributed by atoms with Crippen LogP contribution < -0.4 is 9.64 Å². The molecule has 0 aliphatic rings. The summed E-state index contributed by atoms with van der Waals surface area (Å²) in [5.74, 6) is 1.14. The zero-order chi connectivity index (χ0) is 13.0. The van der Waals surface area contributed by atoms with Crippen LogP contribution in [-0.4, -0.2) is 19.3 Å². The van der Waals surface area contributed by atoms with E-state index in [4.69, 9.17) is 4.74 Å². The van der Waals surface area contributed by atoms with Crippen molar-refractivity contribution in [3.63, 3.8) is 0 Å². The van der Waals surface area contributed by atoms with E-state index >= 15 is 0 Å². The standard InChI is InChI=1S/C15H17NO2/c1-16(11-12-6-5-7-13(17)10-12)14-8-3-4-9-15(14)18-2/h3-10,17H,11H2,1-2H3. The maximum Gasteiger partial charge on any atom is 0.142 e. The Morgan fingerprint density at radius 1 is 1.11 bits per heavy atom. The van der Waals surface area contributed by atoms with Crippen LogP contribution in [0.15, 0.2) is 48.5 Å². The number of hydrogen-bond acceptors (Lipinski definition) is 3. The number of phenolic OH excluding ortho intramolecular Hbond substituents is 1. The van der Waals surface area contributed by atoms with Crippen LogP contribution >= 0.6 is 0 Å². The molecule has 0 unspecified atom stereocenters. The van der Waals surface area contributed by atoms with Crippen LogP contribution in [0, 0.1) is 0 Å². The molecule has 0 fully saturated rings. The fraction of sp³-hybridized carbons (Fsp3) is 0.200. The first-order chi connectivity index (χ1) is 8.70. The maximum absolute atomic E-state index is 9.45. The van der Waals surface area contributed by atoms with Gasteiger partial charge in [0.15, 0.2) is 0 Å². The highest BCUT2D eigenvalue weighted by Gasteiger charge is 2.07. The van der Waals surface area contributed by atoms with Crippen LogP contribution in [0.4, 0.5) is 5.69 Å². The van der Waals surface area contributed by atoms with Crippen molar-refractivity contribution < 1.29 is 9.84 Å². The minimum atomic E-state index is 0.293. The van der Waals surface area contributed by atoms with E-state index < -0.39 is 0 Å². The molecule has 0 atom stereocenters. The second-order valence-corrected chi connectivity index (χ2v) is 4.20. The molecule has 1 N–H and O–H groups in total. The van der Waals surface area contributed by atoms with Gasteiger partial charge in [0.2, 0.25) is 0 Å². The molecule has 0 aliphatic carbocycles. The van der Waals surface area contributed by atoms with Gasteiger partial charge >= 0.3 is 0 Å². The monoisotopic (exact) mass is 243 g/mol. The van der Waals surface area contributed by atoms with Crippen molar-refractivity contribution in [2.45, 2.75) is 6.54 Å². The quantitative estimate of drug-likeness (QED) is 0.896. The molecule has 94 valence electrons. The van der Waals surface area contributed by atoms with E-state index in [0.717, 1.165) is 23.5 Å². The van der Waals surface area contributed by atoms with E-state index in [-0.39, 0.29) is 0 Å². The molecule has 18 heavy (non-hydrogen) atoms. The molecule has 0 radical (unpaired) electrons. The van der Waals surface area contributed by atoms with Gasteiger partial charge in [-0.15, -0.1) is 0 Å². The average molecular weight is 243 g/mol. The van der Waals surface area contributed by atoms with Crippen LogP contribution in [-0.2, 0) is 6.54 Å². The summed E-state index contributed by atoms with van der Waals surface area (Å²) in [4.78, 5) is 2.09. The van der Waals surface area contributed by atoms with E-state index in [1.54, 1.807) is 19.2 Å². The summed E-state index contributed by atoms with van der Waals surface area (Å²) in [6.45, 7) is 0.717. The minimum Gasteiger partial charge on any atom is -0.508 e. The van der Waals surface area contributed by atoms with E-state index in [1.165, 1.54) is 0 Å². The SMILES string of the molecule is COc1ccccc1N(C)Cc1cccc(O)c1. The molecule has 0 amide bonds. The van der Waals surface area contributed by atoms with Crippen LogP contribution in [0.2, 0.25) is 0 Å². The van der Waals surface area contributed by atoms with Gasteiger partial charge in [0, 0.05) is 13.6 Å². The Balaban J connectivity index is 2.19. The van der Waals surface area contributed by atoms with Crippen LogP contribution in [0.25, 0.3) is 0 Å². The Labute approximate surface area is 107 Å². The smallest absolute Gasteiger partial charge is 0.142 e. The maximum atomic E-state index is 9.45. The zero-order valence-electron chi connectivity index (χ0n) is 10.6. The van der Waals surface area contributed by atoms with Crippen LogP contribution in [0.3, 0.4) is 0 Å². The molecule has 0 aliphatic heterocycles. The summed E-state index contributed by atoms with van der Waals surface area (Å²) in [5, 5.41) is 9.45. The number of anilines is 1. The minimum absolute atomic E-state index is 0.293. The third-order valence-electron chi connectivity index (χ3n) is 2.83. The van der Waals surface area contributed by atoms with E-state index in [9.17, 15) is 5.11 Å². The Morgan fingerprint density at radius 2 is 1.89 bits per heavy atom. The van der Waals surface area contributed by atoms with E-state index in [2.05, 4.69) is 4.90 Å². The molecular weight excluding hydrogens is 226 g/mol. The fourth-order valence-electron chi connectivity index (χ4n) is 1.96. The topological polar surface area (TPSA) is 32.7 Å². The lowest BCUT2D eigenvalue weighted by Gasteiger charge is -2.21. The number of rotatable bonds is 4. The second-order valence-electron chi connectivity index (χ2n) is 4.20. The summed E-state index contributed by atoms with van der Waals surface area (Å²) in [5.41, 5.74) is 2.09. The number of para-hydroxylation sites is 2. The van der Waals surface area contributed by atoms with Crippen LogP contribution in [0.1, 0.15) is 5.56 Å². The first-order valence-corrected chi connectivity index (χ1v) is 5.83. The highest BCUT2D eigenvalue weighted by atomic mass is 16.5. The van der Waals surface area contributed by atoms with Gasteiger partial charge < -0.3 is 14.7 Å². The number of hydrogen-bond donors (Lipinski definition) is 1. The Morgan fingerprint density at radius 3 is 2.61 bits per heavy atom. The van der Waals surface area contributed by atoms with Gasteiger partial charge in [0.25, 0.3) is 0 Å². The number of ether oxygens (including phenoxy) is 1. The summed E-state index contributed by atoms with van der Waals surface area (Å²) >= 11 is 0. The molecule has 0 saturated carbocycles. The third kappa shape index (κ3) is 2.74. The molecule has 2 rings (SSSR count). The lowest BCUT2D eigenvalue weighted by atomic mass is 10.2. The average Bonchev–Trinajstić information content (AvgIpc) is 2.38. The van der Waals surface area contributed by atoms with Gasteiger partial charge in [-0.1, -0.05) is 24.3 Å². The number of benzene rings is 2. The van der Waals surface area contributed by atoms with Gasteiger partial charge in [-0.3, -0.25) is 0 Å². The van der Waals surface area contributed by atoms with Gasteiger partial charge in [0.1, 0.15) is 11.5 Å². The Hall–Kier alpha value is -2.16. The predicted molar refractivity (Wildman–Crippen MR) is 73.2 cm³/mol. The van der Waals surface area contributed by atoms with Crippen molar-refractivity contribution in [2.24, 2.45) is 0 Å². The summed E-state index contributed by atoms with van der Waals surface area (Å²) in [7, 11) is 3.67. The van der Waals surface area contributed by atoms with Crippen molar-refractivity contribution in [2.75, 3.05) is 19.1 Å². The normalized spacial score (nSPS) is 10.1. The molecule has 3 heteroatoms. The van der Waals surface area contributed by atoms with E-state index in [1.807, 2.05) is 43.4 Å². The largest absolute Gasteiger partial charge is 0.508 e.